The van der Waals surface area contributed by atoms with E-state index in [0.717, 1.165) is 18.3 Å². The zero-order valence-electron chi connectivity index (χ0n) is 11.0. The van der Waals surface area contributed by atoms with E-state index in [2.05, 4.69) is 29.7 Å². The Bertz CT molecular complexity index is 310. The Morgan fingerprint density at radius 1 is 1.53 bits per heavy atom. The molecule has 0 radical (unpaired) electrons. The number of hydrogen-bond acceptors (Lipinski definition) is 3. The van der Waals surface area contributed by atoms with Crippen LogP contribution in [-0.2, 0) is 6.42 Å². The molecule has 0 aliphatic heterocycles. The number of aromatic nitrogens is 1. The van der Waals surface area contributed by atoms with E-state index in [1.807, 2.05) is 6.20 Å². The highest BCUT2D eigenvalue weighted by Crippen LogP contribution is 2.33. The van der Waals surface area contributed by atoms with Crippen molar-refractivity contribution in [2.75, 3.05) is 7.05 Å². The molecule has 0 amide bonds. The molecule has 2 nitrogen and oxygen atoms in total. The summed E-state index contributed by atoms with van der Waals surface area (Å²) in [6, 6.07) is 0.621. The number of nitrogens with one attached hydrogen (secondary N) is 1. The van der Waals surface area contributed by atoms with Crippen molar-refractivity contribution in [3.8, 4) is 0 Å². The van der Waals surface area contributed by atoms with Crippen LogP contribution in [0.5, 0.6) is 0 Å². The standard InChI is InChI=1S/C14H24N2S/c1-3-11-5-4-6-12(9-11)13(15-2)10-14-16-7-8-17-14/h7-8,11-13,15H,3-6,9-10H2,1-2H3. The quantitative estimate of drug-likeness (QED) is 0.867. The Labute approximate surface area is 109 Å². The maximum absolute atomic E-state index is 4.42. The third-order valence-electron chi connectivity index (χ3n) is 4.22. The van der Waals surface area contributed by atoms with E-state index >= 15 is 0 Å². The van der Waals surface area contributed by atoms with Crippen molar-refractivity contribution < 1.29 is 0 Å². The Hall–Kier alpha value is -0.410. The van der Waals surface area contributed by atoms with Crippen LogP contribution in [0.1, 0.15) is 44.0 Å². The molecule has 1 fully saturated rings. The second-order valence-corrected chi connectivity index (χ2v) is 6.21. The maximum Gasteiger partial charge on any atom is 0.0940 e. The van der Waals surface area contributed by atoms with E-state index < -0.39 is 0 Å². The number of likely N-dealkylation sites (N-methyl/N-ethyl adjacent to an activating group) is 1. The van der Waals surface area contributed by atoms with E-state index in [9.17, 15) is 0 Å². The van der Waals surface area contributed by atoms with Gasteiger partial charge < -0.3 is 5.32 Å². The van der Waals surface area contributed by atoms with Crippen molar-refractivity contribution in [2.45, 2.75) is 51.5 Å². The van der Waals surface area contributed by atoms with Crippen LogP contribution in [-0.4, -0.2) is 18.1 Å². The molecular weight excluding hydrogens is 228 g/mol. The minimum Gasteiger partial charge on any atom is -0.316 e. The average Bonchev–Trinajstić information content (AvgIpc) is 2.89. The van der Waals surface area contributed by atoms with Crippen LogP contribution in [0.3, 0.4) is 0 Å². The first-order valence-electron chi connectivity index (χ1n) is 6.89. The predicted molar refractivity (Wildman–Crippen MR) is 74.4 cm³/mol. The van der Waals surface area contributed by atoms with Crippen molar-refractivity contribution >= 4 is 11.3 Å². The molecule has 96 valence electrons. The van der Waals surface area contributed by atoms with E-state index in [-0.39, 0.29) is 0 Å². The molecule has 0 saturated heterocycles. The van der Waals surface area contributed by atoms with E-state index in [4.69, 9.17) is 0 Å². The van der Waals surface area contributed by atoms with Gasteiger partial charge in [-0.15, -0.1) is 11.3 Å². The highest BCUT2D eigenvalue weighted by Gasteiger charge is 2.27. The topological polar surface area (TPSA) is 24.9 Å². The smallest absolute Gasteiger partial charge is 0.0940 e. The lowest BCUT2D eigenvalue weighted by atomic mass is 9.76. The maximum atomic E-state index is 4.42. The predicted octanol–water partition coefficient (Wildman–Crippen LogP) is 3.49. The molecule has 3 heteroatoms. The fourth-order valence-electron chi connectivity index (χ4n) is 3.12. The summed E-state index contributed by atoms with van der Waals surface area (Å²) >= 11 is 1.79. The van der Waals surface area contributed by atoms with E-state index in [0.29, 0.717) is 6.04 Å². The molecule has 1 saturated carbocycles. The van der Waals surface area contributed by atoms with Crippen molar-refractivity contribution in [1.82, 2.24) is 10.3 Å². The molecule has 0 aromatic carbocycles. The molecule has 17 heavy (non-hydrogen) atoms. The van der Waals surface area contributed by atoms with Gasteiger partial charge in [-0.1, -0.05) is 26.2 Å². The lowest BCUT2D eigenvalue weighted by Crippen LogP contribution is -2.38. The summed E-state index contributed by atoms with van der Waals surface area (Å²) in [6.07, 6.45) is 10.0. The number of nitrogens with zero attached hydrogens (tertiary/aromatic N) is 1. The van der Waals surface area contributed by atoms with E-state index in [1.165, 1.54) is 37.1 Å². The third kappa shape index (κ3) is 3.52. The second-order valence-electron chi connectivity index (χ2n) is 5.23. The molecule has 1 N–H and O–H groups in total. The first kappa shape index (κ1) is 13.0. The molecule has 0 bridgehead atoms. The summed E-state index contributed by atoms with van der Waals surface area (Å²) in [5.74, 6) is 1.81. The summed E-state index contributed by atoms with van der Waals surface area (Å²) in [7, 11) is 2.10. The Morgan fingerprint density at radius 2 is 2.41 bits per heavy atom. The summed E-state index contributed by atoms with van der Waals surface area (Å²) in [6.45, 7) is 2.34. The van der Waals surface area contributed by atoms with Gasteiger partial charge in [0.15, 0.2) is 0 Å². The van der Waals surface area contributed by atoms with Gasteiger partial charge in [0.2, 0.25) is 0 Å². The van der Waals surface area contributed by atoms with Crippen molar-refractivity contribution in [3.63, 3.8) is 0 Å². The van der Waals surface area contributed by atoms with Crippen LogP contribution in [0, 0.1) is 11.8 Å². The van der Waals surface area contributed by atoms with Gasteiger partial charge in [-0.3, -0.25) is 0 Å². The minimum atomic E-state index is 0.621. The lowest BCUT2D eigenvalue weighted by Gasteiger charge is -2.34. The van der Waals surface area contributed by atoms with Gasteiger partial charge in [0.25, 0.3) is 0 Å². The normalized spacial score (nSPS) is 26.9. The number of thiazole rings is 1. The highest BCUT2D eigenvalue weighted by molar-refractivity contribution is 7.09. The minimum absolute atomic E-state index is 0.621. The van der Waals surface area contributed by atoms with Crippen molar-refractivity contribution in [3.05, 3.63) is 16.6 Å². The SMILES string of the molecule is CCC1CCCC(C(Cc2nccs2)NC)C1. The Balaban J connectivity index is 1.93. The van der Waals surface area contributed by atoms with Crippen LogP contribution in [0.2, 0.25) is 0 Å². The van der Waals surface area contributed by atoms with E-state index in [1.54, 1.807) is 11.3 Å². The molecule has 1 aromatic rings. The first-order chi connectivity index (χ1) is 8.33. The van der Waals surface area contributed by atoms with Gasteiger partial charge in [-0.05, 0) is 31.7 Å². The second kappa shape index (κ2) is 6.50. The van der Waals surface area contributed by atoms with Crippen molar-refractivity contribution in [2.24, 2.45) is 11.8 Å². The average molecular weight is 252 g/mol. The summed E-state index contributed by atoms with van der Waals surface area (Å²) in [5.41, 5.74) is 0. The van der Waals surface area contributed by atoms with Crippen LogP contribution >= 0.6 is 11.3 Å². The largest absolute Gasteiger partial charge is 0.316 e. The van der Waals surface area contributed by atoms with Gasteiger partial charge in [0.1, 0.15) is 0 Å². The third-order valence-corrected chi connectivity index (χ3v) is 5.02. The zero-order valence-corrected chi connectivity index (χ0v) is 11.8. The molecule has 1 aliphatic carbocycles. The fraction of sp³-hybridized carbons (Fsp3) is 0.786. The molecule has 3 unspecified atom stereocenters. The van der Waals surface area contributed by atoms with Crippen molar-refractivity contribution in [1.29, 1.82) is 0 Å². The summed E-state index contributed by atoms with van der Waals surface area (Å²) in [4.78, 5) is 4.42. The number of hydrogen-bond donors (Lipinski definition) is 1. The molecule has 1 aliphatic rings. The molecule has 3 atom stereocenters. The lowest BCUT2D eigenvalue weighted by molar-refractivity contribution is 0.212. The monoisotopic (exact) mass is 252 g/mol. The molecule has 1 heterocycles. The number of rotatable bonds is 5. The fourth-order valence-corrected chi connectivity index (χ4v) is 3.79. The van der Waals surface area contributed by atoms with Crippen LogP contribution in [0.4, 0.5) is 0 Å². The van der Waals surface area contributed by atoms with Crippen LogP contribution < -0.4 is 5.32 Å². The molecule has 1 aromatic heterocycles. The van der Waals surface area contributed by atoms with Crippen LogP contribution in [0.25, 0.3) is 0 Å². The van der Waals surface area contributed by atoms with Gasteiger partial charge in [0, 0.05) is 24.0 Å². The summed E-state index contributed by atoms with van der Waals surface area (Å²) < 4.78 is 0. The molecule has 0 spiro atoms. The zero-order chi connectivity index (χ0) is 12.1. The Kier molecular flexibility index (Phi) is 4.99. The Morgan fingerprint density at radius 3 is 3.06 bits per heavy atom. The van der Waals surface area contributed by atoms with Gasteiger partial charge in [-0.2, -0.15) is 0 Å². The van der Waals surface area contributed by atoms with Crippen LogP contribution in [0.15, 0.2) is 11.6 Å². The van der Waals surface area contributed by atoms with Gasteiger partial charge in [-0.25, -0.2) is 4.98 Å². The van der Waals surface area contributed by atoms with Gasteiger partial charge >= 0.3 is 0 Å². The first-order valence-corrected chi connectivity index (χ1v) is 7.77. The highest BCUT2D eigenvalue weighted by atomic mass is 32.1. The molecule has 2 rings (SSSR count). The van der Waals surface area contributed by atoms with Gasteiger partial charge in [0.05, 0.1) is 5.01 Å². The summed E-state index contributed by atoms with van der Waals surface area (Å²) in [5, 5.41) is 6.88. The molecular formula is C14H24N2S.